The van der Waals surface area contributed by atoms with Crippen LogP contribution in [0.5, 0.6) is 0 Å². The van der Waals surface area contributed by atoms with Gasteiger partial charge in [-0.05, 0) is 24.8 Å². The van der Waals surface area contributed by atoms with Gasteiger partial charge in [0.25, 0.3) is 0 Å². The highest BCUT2D eigenvalue weighted by atomic mass is 32.2. The van der Waals surface area contributed by atoms with Gasteiger partial charge in [-0.2, -0.15) is 0 Å². The Kier molecular flexibility index (Phi) is 5.79. The van der Waals surface area contributed by atoms with Gasteiger partial charge in [-0.25, -0.2) is 12.8 Å². The number of halogens is 1. The molecular formula is C17H24FNO3S. The molecular weight excluding hydrogens is 317 g/mol. The van der Waals surface area contributed by atoms with E-state index in [2.05, 4.69) is 5.32 Å². The van der Waals surface area contributed by atoms with Crippen LogP contribution in [0, 0.1) is 17.7 Å². The summed E-state index contributed by atoms with van der Waals surface area (Å²) < 4.78 is 36.9. The molecule has 0 radical (unpaired) electrons. The third-order valence-corrected chi connectivity index (χ3v) is 5.52. The van der Waals surface area contributed by atoms with Crippen molar-refractivity contribution < 1.29 is 17.6 Å². The summed E-state index contributed by atoms with van der Waals surface area (Å²) in [7, 11) is -3.23. The third-order valence-electron chi connectivity index (χ3n) is 4.41. The zero-order chi connectivity index (χ0) is 17.0. The number of hydrogen-bond acceptors (Lipinski definition) is 3. The van der Waals surface area contributed by atoms with Crippen molar-refractivity contribution in [1.29, 1.82) is 0 Å². The van der Waals surface area contributed by atoms with Crippen LogP contribution in [0.3, 0.4) is 0 Å². The van der Waals surface area contributed by atoms with Crippen molar-refractivity contribution in [2.45, 2.75) is 38.6 Å². The van der Waals surface area contributed by atoms with Gasteiger partial charge in [0.15, 0.2) is 0 Å². The Morgan fingerprint density at radius 2 is 1.91 bits per heavy atom. The summed E-state index contributed by atoms with van der Waals surface area (Å²) in [6.45, 7) is 1.59. The van der Waals surface area contributed by atoms with Crippen LogP contribution in [0.25, 0.3) is 0 Å². The first-order valence-electron chi connectivity index (χ1n) is 8.00. The van der Waals surface area contributed by atoms with E-state index in [0.717, 1.165) is 31.9 Å². The lowest BCUT2D eigenvalue weighted by Crippen LogP contribution is -2.38. The maximum Gasteiger partial charge on any atom is 0.224 e. The zero-order valence-corrected chi connectivity index (χ0v) is 14.4. The molecule has 2 atom stereocenters. The zero-order valence-electron chi connectivity index (χ0n) is 13.6. The van der Waals surface area contributed by atoms with Gasteiger partial charge in [-0.3, -0.25) is 4.79 Å². The molecule has 0 bridgehead atoms. The molecule has 1 aliphatic carbocycles. The molecule has 1 amide bonds. The summed E-state index contributed by atoms with van der Waals surface area (Å²) in [5.74, 6) is -1.33. The Morgan fingerprint density at radius 3 is 2.48 bits per heavy atom. The van der Waals surface area contributed by atoms with Crippen molar-refractivity contribution in [3.63, 3.8) is 0 Å². The van der Waals surface area contributed by atoms with E-state index in [9.17, 15) is 17.6 Å². The number of rotatable bonds is 6. The van der Waals surface area contributed by atoms with Crippen LogP contribution in [0.15, 0.2) is 24.3 Å². The Bertz CT molecular complexity index is 654. The first-order valence-corrected chi connectivity index (χ1v) is 10.1. The Labute approximate surface area is 137 Å². The SMILES string of the molecule is C[C@@H](CS(C)(=O)=O)C(=O)N[C@H](c1ccccc1F)C1CCCC1. The molecule has 1 N–H and O–H groups in total. The molecule has 1 aromatic carbocycles. The Balaban J connectivity index is 2.18. The molecule has 23 heavy (non-hydrogen) atoms. The van der Waals surface area contributed by atoms with Crippen LogP contribution in [-0.2, 0) is 14.6 Å². The molecule has 6 heteroatoms. The predicted molar refractivity (Wildman–Crippen MR) is 88.1 cm³/mol. The van der Waals surface area contributed by atoms with Crippen molar-refractivity contribution in [2.75, 3.05) is 12.0 Å². The molecule has 4 nitrogen and oxygen atoms in total. The van der Waals surface area contributed by atoms with E-state index in [1.807, 2.05) is 0 Å². The van der Waals surface area contributed by atoms with Gasteiger partial charge >= 0.3 is 0 Å². The second-order valence-electron chi connectivity index (χ2n) is 6.55. The molecule has 0 unspecified atom stereocenters. The highest BCUT2D eigenvalue weighted by Gasteiger charge is 2.31. The predicted octanol–water partition coefficient (Wildman–Crippen LogP) is 2.85. The first kappa shape index (κ1) is 17.9. The van der Waals surface area contributed by atoms with Crippen LogP contribution >= 0.6 is 0 Å². The summed E-state index contributed by atoms with van der Waals surface area (Å²) in [5.41, 5.74) is 0.485. The molecule has 0 spiro atoms. The summed E-state index contributed by atoms with van der Waals surface area (Å²) in [6, 6.07) is 6.07. The van der Waals surface area contributed by atoms with Crippen molar-refractivity contribution >= 4 is 15.7 Å². The molecule has 0 saturated heterocycles. The highest BCUT2D eigenvalue weighted by Crippen LogP contribution is 2.36. The number of sulfone groups is 1. The number of nitrogens with one attached hydrogen (secondary N) is 1. The van der Waals surface area contributed by atoms with Gasteiger partial charge in [-0.1, -0.05) is 38.0 Å². The van der Waals surface area contributed by atoms with Gasteiger partial charge in [0.05, 0.1) is 11.8 Å². The lowest BCUT2D eigenvalue weighted by molar-refractivity contribution is -0.125. The van der Waals surface area contributed by atoms with Crippen LogP contribution in [-0.4, -0.2) is 26.3 Å². The molecule has 1 saturated carbocycles. The van der Waals surface area contributed by atoms with Gasteiger partial charge < -0.3 is 5.32 Å². The first-order chi connectivity index (χ1) is 10.8. The summed E-state index contributed by atoms with van der Waals surface area (Å²) >= 11 is 0. The number of amides is 1. The Morgan fingerprint density at radius 1 is 1.30 bits per heavy atom. The second kappa shape index (κ2) is 7.43. The van der Waals surface area contributed by atoms with Gasteiger partial charge in [0.1, 0.15) is 15.7 Å². The van der Waals surface area contributed by atoms with E-state index in [0.29, 0.717) is 5.56 Å². The molecule has 128 valence electrons. The van der Waals surface area contributed by atoms with Crippen molar-refractivity contribution in [1.82, 2.24) is 5.32 Å². The summed E-state index contributed by atoms with van der Waals surface area (Å²) in [6.07, 6.45) is 5.15. The largest absolute Gasteiger partial charge is 0.349 e. The molecule has 1 aliphatic rings. The maximum atomic E-state index is 14.2. The number of carbonyl (C=O) groups is 1. The van der Waals surface area contributed by atoms with Crippen molar-refractivity contribution in [3.8, 4) is 0 Å². The van der Waals surface area contributed by atoms with Crippen molar-refractivity contribution in [3.05, 3.63) is 35.6 Å². The fourth-order valence-corrected chi connectivity index (χ4v) is 4.35. The minimum Gasteiger partial charge on any atom is -0.349 e. The molecule has 0 aromatic heterocycles. The van der Waals surface area contributed by atoms with E-state index in [1.54, 1.807) is 25.1 Å². The lowest BCUT2D eigenvalue weighted by atomic mass is 9.90. The fourth-order valence-electron chi connectivity index (χ4n) is 3.29. The summed E-state index contributed by atoms with van der Waals surface area (Å²) in [5, 5.41) is 2.90. The van der Waals surface area contributed by atoms with E-state index in [1.165, 1.54) is 6.07 Å². The monoisotopic (exact) mass is 341 g/mol. The summed E-state index contributed by atoms with van der Waals surface area (Å²) in [4.78, 5) is 12.4. The molecule has 1 aromatic rings. The normalized spacial score (nSPS) is 18.6. The average molecular weight is 341 g/mol. The smallest absolute Gasteiger partial charge is 0.224 e. The highest BCUT2D eigenvalue weighted by molar-refractivity contribution is 7.90. The average Bonchev–Trinajstić information content (AvgIpc) is 2.97. The van der Waals surface area contributed by atoms with Gasteiger partial charge in [-0.15, -0.1) is 0 Å². The van der Waals surface area contributed by atoms with Crippen molar-refractivity contribution in [2.24, 2.45) is 11.8 Å². The number of hydrogen-bond donors (Lipinski definition) is 1. The van der Waals surface area contributed by atoms with Gasteiger partial charge in [0, 0.05) is 17.7 Å². The van der Waals surface area contributed by atoms with E-state index in [-0.39, 0.29) is 23.4 Å². The van der Waals surface area contributed by atoms with Crippen LogP contribution in [0.4, 0.5) is 4.39 Å². The minimum absolute atomic E-state index is 0.196. The Hall–Kier alpha value is -1.43. The molecule has 1 fully saturated rings. The molecule has 2 rings (SSSR count). The number of carbonyl (C=O) groups excluding carboxylic acids is 1. The third kappa shape index (κ3) is 5.03. The quantitative estimate of drug-likeness (QED) is 0.865. The van der Waals surface area contributed by atoms with Crippen LogP contribution < -0.4 is 5.32 Å². The minimum atomic E-state index is -3.23. The fraction of sp³-hybridized carbons (Fsp3) is 0.588. The van der Waals surface area contributed by atoms with Gasteiger partial charge in [0.2, 0.25) is 5.91 Å². The maximum absolute atomic E-state index is 14.2. The van der Waals surface area contributed by atoms with Crippen LogP contribution in [0.2, 0.25) is 0 Å². The van der Waals surface area contributed by atoms with E-state index < -0.39 is 21.8 Å². The van der Waals surface area contributed by atoms with Crippen LogP contribution in [0.1, 0.15) is 44.2 Å². The van der Waals surface area contributed by atoms with E-state index >= 15 is 0 Å². The number of benzene rings is 1. The standard InChI is InChI=1S/C17H24FNO3S/c1-12(11-23(2,21)22)17(20)19-16(13-7-3-4-8-13)14-9-5-6-10-15(14)18/h5-6,9-10,12-13,16H,3-4,7-8,11H2,1-2H3,(H,19,20)/t12-,16-/m0/s1. The topological polar surface area (TPSA) is 63.2 Å². The van der Waals surface area contributed by atoms with E-state index in [4.69, 9.17) is 0 Å². The second-order valence-corrected chi connectivity index (χ2v) is 8.73. The molecule has 0 aliphatic heterocycles. The molecule has 0 heterocycles. The lowest BCUT2D eigenvalue weighted by Gasteiger charge is -2.27.